The number of aromatic hydroxyl groups is 1. The first-order chi connectivity index (χ1) is 13.0. The van der Waals surface area contributed by atoms with Gasteiger partial charge in [0.25, 0.3) is 0 Å². The standard InChI is InChI=1S/C23H32N4O/c1-22(2)13-17(14-23(3,4)27-22)26-21(25)10-9-19(24)18-11-15-7-5-6-8-16(15)12-20(18)28/h5-12,17,26-28H,13-14,24-25H2,1-4H3/b19-9-,21-10+. The summed E-state index contributed by atoms with van der Waals surface area (Å²) in [5.74, 6) is 0.732. The van der Waals surface area contributed by atoms with Gasteiger partial charge in [-0.25, -0.2) is 0 Å². The molecule has 2 aromatic rings. The van der Waals surface area contributed by atoms with Crippen LogP contribution in [-0.4, -0.2) is 22.2 Å². The second-order valence-corrected chi connectivity index (χ2v) is 9.10. The van der Waals surface area contributed by atoms with E-state index < -0.39 is 0 Å². The maximum Gasteiger partial charge on any atom is 0.125 e. The number of piperidine rings is 1. The van der Waals surface area contributed by atoms with Crippen molar-refractivity contribution in [1.82, 2.24) is 10.6 Å². The molecule has 0 aliphatic carbocycles. The fourth-order valence-corrected chi connectivity index (χ4v) is 4.44. The number of nitrogens with one attached hydrogen (secondary N) is 2. The van der Waals surface area contributed by atoms with Crippen molar-refractivity contribution in [2.75, 3.05) is 0 Å². The highest BCUT2D eigenvalue weighted by Crippen LogP contribution is 2.29. The third kappa shape index (κ3) is 4.78. The van der Waals surface area contributed by atoms with Crippen LogP contribution in [0.1, 0.15) is 46.1 Å². The second kappa shape index (κ2) is 7.40. The van der Waals surface area contributed by atoms with Crippen molar-refractivity contribution in [1.29, 1.82) is 0 Å². The predicted octanol–water partition coefficient (Wildman–Crippen LogP) is 3.54. The zero-order valence-corrected chi connectivity index (χ0v) is 17.2. The molecule has 0 unspecified atom stereocenters. The molecule has 0 atom stereocenters. The molecule has 3 rings (SSSR count). The minimum atomic E-state index is 0.0471. The molecule has 5 nitrogen and oxygen atoms in total. The predicted molar refractivity (Wildman–Crippen MR) is 117 cm³/mol. The van der Waals surface area contributed by atoms with Gasteiger partial charge in [0.15, 0.2) is 0 Å². The molecule has 7 N–H and O–H groups in total. The summed E-state index contributed by atoms with van der Waals surface area (Å²) < 4.78 is 0. The third-order valence-electron chi connectivity index (χ3n) is 5.18. The van der Waals surface area contributed by atoms with E-state index in [4.69, 9.17) is 11.5 Å². The number of allylic oxidation sites excluding steroid dienone is 2. The van der Waals surface area contributed by atoms with Crippen molar-refractivity contribution >= 4 is 16.5 Å². The second-order valence-electron chi connectivity index (χ2n) is 9.10. The van der Waals surface area contributed by atoms with E-state index in [0.717, 1.165) is 23.6 Å². The zero-order valence-electron chi connectivity index (χ0n) is 17.2. The molecule has 1 fully saturated rings. The van der Waals surface area contributed by atoms with E-state index >= 15 is 0 Å². The first kappa shape index (κ1) is 20.1. The molecule has 1 aliphatic rings. The monoisotopic (exact) mass is 380 g/mol. The molecule has 5 heteroatoms. The number of phenolic OH excluding ortho intramolecular Hbond substituents is 1. The fourth-order valence-electron chi connectivity index (χ4n) is 4.44. The number of nitrogens with two attached hydrogens (primary N) is 2. The van der Waals surface area contributed by atoms with Gasteiger partial charge in [0.1, 0.15) is 5.75 Å². The number of phenols is 1. The zero-order chi connectivity index (χ0) is 20.5. The summed E-state index contributed by atoms with van der Waals surface area (Å²) in [6, 6.07) is 11.8. The van der Waals surface area contributed by atoms with Crippen LogP contribution in [-0.2, 0) is 0 Å². The van der Waals surface area contributed by atoms with Crippen molar-refractivity contribution in [2.45, 2.75) is 57.7 Å². The molecule has 2 aromatic carbocycles. The summed E-state index contributed by atoms with van der Waals surface area (Å²) in [4.78, 5) is 0. The highest BCUT2D eigenvalue weighted by Gasteiger charge is 2.37. The lowest BCUT2D eigenvalue weighted by Crippen LogP contribution is -2.61. The van der Waals surface area contributed by atoms with Gasteiger partial charge in [0, 0.05) is 28.4 Å². The van der Waals surface area contributed by atoms with Gasteiger partial charge in [0.05, 0.1) is 5.82 Å². The van der Waals surface area contributed by atoms with Crippen LogP contribution in [0.3, 0.4) is 0 Å². The van der Waals surface area contributed by atoms with Gasteiger partial charge in [-0.15, -0.1) is 0 Å². The van der Waals surface area contributed by atoms with E-state index in [2.05, 4.69) is 38.3 Å². The Labute approximate surface area is 167 Å². The van der Waals surface area contributed by atoms with E-state index in [9.17, 15) is 5.11 Å². The summed E-state index contributed by atoms with van der Waals surface area (Å²) in [6.45, 7) is 8.84. The largest absolute Gasteiger partial charge is 0.507 e. The van der Waals surface area contributed by atoms with Gasteiger partial charge < -0.3 is 27.2 Å². The Morgan fingerprint density at radius 1 is 1.04 bits per heavy atom. The summed E-state index contributed by atoms with van der Waals surface area (Å²) in [5.41, 5.74) is 13.6. The lowest BCUT2D eigenvalue weighted by Gasteiger charge is -2.46. The van der Waals surface area contributed by atoms with Gasteiger partial charge in [-0.2, -0.15) is 0 Å². The highest BCUT2D eigenvalue weighted by atomic mass is 16.3. The van der Waals surface area contributed by atoms with Crippen LogP contribution in [0.4, 0.5) is 0 Å². The van der Waals surface area contributed by atoms with E-state index in [-0.39, 0.29) is 22.9 Å². The van der Waals surface area contributed by atoms with Crippen LogP contribution < -0.4 is 22.1 Å². The lowest BCUT2D eigenvalue weighted by molar-refractivity contribution is 0.151. The maximum atomic E-state index is 10.3. The first-order valence-electron chi connectivity index (χ1n) is 9.76. The van der Waals surface area contributed by atoms with E-state index in [1.807, 2.05) is 30.3 Å². The van der Waals surface area contributed by atoms with Crippen LogP contribution in [0.2, 0.25) is 0 Å². The van der Waals surface area contributed by atoms with Crippen LogP contribution in [0, 0.1) is 0 Å². The summed E-state index contributed by atoms with van der Waals surface area (Å²) in [7, 11) is 0. The maximum absolute atomic E-state index is 10.3. The molecule has 150 valence electrons. The molecule has 0 spiro atoms. The molecule has 1 aliphatic heterocycles. The molecule has 0 saturated carbocycles. The molecule has 1 heterocycles. The summed E-state index contributed by atoms with van der Waals surface area (Å²) in [6.07, 6.45) is 5.47. The van der Waals surface area contributed by atoms with Gasteiger partial charge in [0.2, 0.25) is 0 Å². The Morgan fingerprint density at radius 2 is 1.61 bits per heavy atom. The van der Waals surface area contributed by atoms with Gasteiger partial charge in [-0.05, 0) is 75.6 Å². The lowest BCUT2D eigenvalue weighted by atomic mass is 9.79. The normalized spacial score (nSPS) is 20.3. The minimum Gasteiger partial charge on any atom is -0.507 e. The first-order valence-corrected chi connectivity index (χ1v) is 9.76. The van der Waals surface area contributed by atoms with Crippen LogP contribution in [0.15, 0.2) is 54.4 Å². The molecule has 1 saturated heterocycles. The molecule has 0 bridgehead atoms. The van der Waals surface area contributed by atoms with E-state index in [1.54, 1.807) is 18.2 Å². The molecular weight excluding hydrogens is 348 g/mol. The number of fused-ring (bicyclic) bond motifs is 1. The average molecular weight is 381 g/mol. The quantitative estimate of drug-likeness (QED) is 0.523. The minimum absolute atomic E-state index is 0.0471. The molecule has 0 radical (unpaired) electrons. The Bertz CT molecular complexity index is 911. The summed E-state index contributed by atoms with van der Waals surface area (Å²) >= 11 is 0. The van der Waals surface area contributed by atoms with Crippen molar-refractivity contribution in [3.8, 4) is 5.75 Å². The average Bonchev–Trinajstić information content (AvgIpc) is 2.56. The van der Waals surface area contributed by atoms with Gasteiger partial charge in [-0.3, -0.25) is 0 Å². The number of hydrogen-bond donors (Lipinski definition) is 5. The number of benzene rings is 2. The molecule has 28 heavy (non-hydrogen) atoms. The van der Waals surface area contributed by atoms with Crippen molar-refractivity contribution in [3.63, 3.8) is 0 Å². The SMILES string of the molecule is CC1(C)CC(N/C(N)=C/C=C(\N)c2cc3ccccc3cc2O)CC(C)(C)N1. The van der Waals surface area contributed by atoms with Crippen molar-refractivity contribution < 1.29 is 5.11 Å². The molecular formula is C23H32N4O. The van der Waals surface area contributed by atoms with Crippen molar-refractivity contribution in [2.24, 2.45) is 11.5 Å². The number of rotatable bonds is 4. The van der Waals surface area contributed by atoms with Crippen LogP contribution >= 0.6 is 0 Å². The van der Waals surface area contributed by atoms with E-state index in [1.165, 1.54) is 0 Å². The topological polar surface area (TPSA) is 96.3 Å². The van der Waals surface area contributed by atoms with Crippen LogP contribution in [0.25, 0.3) is 16.5 Å². The highest BCUT2D eigenvalue weighted by molar-refractivity contribution is 5.88. The Morgan fingerprint density at radius 3 is 2.21 bits per heavy atom. The smallest absolute Gasteiger partial charge is 0.125 e. The fraction of sp³-hybridized carbons (Fsp3) is 0.391. The Hall–Kier alpha value is -2.66. The molecule has 0 aromatic heterocycles. The molecule has 0 amide bonds. The van der Waals surface area contributed by atoms with Crippen LogP contribution in [0.5, 0.6) is 5.75 Å². The third-order valence-corrected chi connectivity index (χ3v) is 5.18. The number of hydrogen-bond acceptors (Lipinski definition) is 5. The van der Waals surface area contributed by atoms with Gasteiger partial charge >= 0.3 is 0 Å². The Kier molecular flexibility index (Phi) is 5.31. The Balaban J connectivity index is 1.76. The summed E-state index contributed by atoms with van der Waals surface area (Å²) in [5, 5.41) is 19.4. The van der Waals surface area contributed by atoms with Gasteiger partial charge in [-0.1, -0.05) is 24.3 Å². The van der Waals surface area contributed by atoms with Crippen molar-refractivity contribution in [3.05, 3.63) is 59.9 Å². The van der Waals surface area contributed by atoms with E-state index in [0.29, 0.717) is 17.1 Å².